The first-order valence-electron chi connectivity index (χ1n) is 3.06. The molecule has 0 unspecified atom stereocenters. The first-order chi connectivity index (χ1) is 4.47. The zero-order valence-corrected chi connectivity index (χ0v) is 5.04. The SMILES string of the molecule is C1=Cc2ccncc2C1. The highest BCUT2D eigenvalue weighted by atomic mass is 14.6. The van der Waals surface area contributed by atoms with Gasteiger partial charge in [0.2, 0.25) is 0 Å². The molecule has 9 heavy (non-hydrogen) atoms. The largest absolute Gasteiger partial charge is 0.264 e. The summed E-state index contributed by atoms with van der Waals surface area (Å²) in [4.78, 5) is 4.02. The highest BCUT2D eigenvalue weighted by Gasteiger charge is 2.01. The van der Waals surface area contributed by atoms with Crippen LogP contribution in [-0.2, 0) is 6.42 Å². The summed E-state index contributed by atoms with van der Waals surface area (Å²) in [5.74, 6) is 0. The number of hydrogen-bond acceptors (Lipinski definition) is 1. The van der Waals surface area contributed by atoms with Gasteiger partial charge in [-0.2, -0.15) is 0 Å². The Morgan fingerprint density at radius 1 is 1.44 bits per heavy atom. The number of rotatable bonds is 0. The molecule has 0 N–H and O–H groups in total. The summed E-state index contributed by atoms with van der Waals surface area (Å²) in [5, 5.41) is 0. The average molecular weight is 117 g/mol. The van der Waals surface area contributed by atoms with Gasteiger partial charge in [-0.25, -0.2) is 0 Å². The summed E-state index contributed by atoms with van der Waals surface area (Å²) in [6.45, 7) is 0. The molecule has 1 aliphatic rings. The molecule has 0 bridgehead atoms. The van der Waals surface area contributed by atoms with E-state index in [4.69, 9.17) is 0 Å². The molecule has 1 aliphatic carbocycles. The van der Waals surface area contributed by atoms with Crippen molar-refractivity contribution in [2.75, 3.05) is 0 Å². The molecule has 0 fully saturated rings. The molecular formula is C8H7N. The van der Waals surface area contributed by atoms with Crippen LogP contribution in [0.4, 0.5) is 0 Å². The fourth-order valence-corrected chi connectivity index (χ4v) is 1.08. The molecule has 0 spiro atoms. The predicted molar refractivity (Wildman–Crippen MR) is 37.0 cm³/mol. The van der Waals surface area contributed by atoms with Crippen molar-refractivity contribution in [3.63, 3.8) is 0 Å². The van der Waals surface area contributed by atoms with E-state index in [-0.39, 0.29) is 0 Å². The van der Waals surface area contributed by atoms with Crippen LogP contribution in [0.3, 0.4) is 0 Å². The minimum Gasteiger partial charge on any atom is -0.264 e. The van der Waals surface area contributed by atoms with Crippen LogP contribution in [0.5, 0.6) is 0 Å². The second-order valence-corrected chi connectivity index (χ2v) is 2.18. The molecule has 0 saturated carbocycles. The van der Waals surface area contributed by atoms with Crippen molar-refractivity contribution in [3.8, 4) is 0 Å². The fourth-order valence-electron chi connectivity index (χ4n) is 1.08. The third-order valence-corrected chi connectivity index (χ3v) is 1.58. The second kappa shape index (κ2) is 1.69. The van der Waals surface area contributed by atoms with E-state index in [2.05, 4.69) is 17.1 Å². The Hall–Kier alpha value is -1.11. The van der Waals surface area contributed by atoms with Gasteiger partial charge in [0.05, 0.1) is 0 Å². The third-order valence-electron chi connectivity index (χ3n) is 1.58. The topological polar surface area (TPSA) is 12.9 Å². The highest BCUT2D eigenvalue weighted by Crippen LogP contribution is 2.16. The van der Waals surface area contributed by atoms with Crippen LogP contribution in [0.1, 0.15) is 11.1 Å². The first kappa shape index (κ1) is 4.74. The maximum absolute atomic E-state index is 4.02. The van der Waals surface area contributed by atoms with Gasteiger partial charge in [-0.1, -0.05) is 12.2 Å². The Morgan fingerprint density at radius 2 is 2.44 bits per heavy atom. The zero-order valence-electron chi connectivity index (χ0n) is 5.04. The average Bonchev–Trinajstić information content (AvgIpc) is 2.33. The van der Waals surface area contributed by atoms with Crippen molar-refractivity contribution in [1.82, 2.24) is 4.98 Å². The summed E-state index contributed by atoms with van der Waals surface area (Å²) in [6, 6.07) is 2.04. The van der Waals surface area contributed by atoms with E-state index >= 15 is 0 Å². The first-order valence-corrected chi connectivity index (χ1v) is 3.06. The van der Waals surface area contributed by atoms with Crippen LogP contribution < -0.4 is 0 Å². The number of hydrogen-bond donors (Lipinski definition) is 0. The van der Waals surface area contributed by atoms with Crippen LogP contribution in [0.25, 0.3) is 6.08 Å². The smallest absolute Gasteiger partial charge is 0.0309 e. The lowest BCUT2D eigenvalue weighted by Gasteiger charge is -1.92. The van der Waals surface area contributed by atoms with Crippen LogP contribution >= 0.6 is 0 Å². The molecule has 0 radical (unpaired) electrons. The standard InChI is InChI=1S/C8H7N/c1-2-7-4-5-9-6-8(7)3-1/h1-2,4-6H,3H2. The second-order valence-electron chi connectivity index (χ2n) is 2.18. The third kappa shape index (κ3) is 0.653. The maximum Gasteiger partial charge on any atom is 0.0309 e. The Balaban J connectivity index is 2.63. The number of aromatic nitrogens is 1. The minimum atomic E-state index is 1.06. The molecule has 2 rings (SSSR count). The Kier molecular flexibility index (Phi) is 0.890. The van der Waals surface area contributed by atoms with E-state index in [1.165, 1.54) is 11.1 Å². The van der Waals surface area contributed by atoms with Gasteiger partial charge in [-0.15, -0.1) is 0 Å². The zero-order chi connectivity index (χ0) is 6.10. The van der Waals surface area contributed by atoms with Crippen molar-refractivity contribution >= 4 is 6.08 Å². The van der Waals surface area contributed by atoms with Gasteiger partial charge in [0.15, 0.2) is 0 Å². The predicted octanol–water partition coefficient (Wildman–Crippen LogP) is 1.65. The molecule has 1 aromatic heterocycles. The Bertz CT molecular complexity index is 250. The molecule has 1 aromatic rings. The summed E-state index contributed by atoms with van der Waals surface area (Å²) in [5.41, 5.74) is 2.67. The van der Waals surface area contributed by atoms with Crippen molar-refractivity contribution in [3.05, 3.63) is 35.7 Å². The Morgan fingerprint density at radius 3 is 3.33 bits per heavy atom. The van der Waals surface area contributed by atoms with Crippen LogP contribution in [0, 0.1) is 0 Å². The number of fused-ring (bicyclic) bond motifs is 1. The summed E-state index contributed by atoms with van der Waals surface area (Å²) in [6.07, 6.45) is 9.11. The van der Waals surface area contributed by atoms with E-state index in [1.807, 2.05) is 18.5 Å². The quantitative estimate of drug-likeness (QED) is 0.503. The van der Waals surface area contributed by atoms with E-state index < -0.39 is 0 Å². The monoisotopic (exact) mass is 117 g/mol. The molecule has 0 amide bonds. The maximum atomic E-state index is 4.02. The van der Waals surface area contributed by atoms with Gasteiger partial charge in [-0.05, 0) is 23.6 Å². The van der Waals surface area contributed by atoms with Crippen LogP contribution in [-0.4, -0.2) is 4.98 Å². The molecular weight excluding hydrogens is 110 g/mol. The van der Waals surface area contributed by atoms with Gasteiger partial charge >= 0.3 is 0 Å². The van der Waals surface area contributed by atoms with Gasteiger partial charge in [0.1, 0.15) is 0 Å². The van der Waals surface area contributed by atoms with E-state index in [0.717, 1.165) is 6.42 Å². The number of pyridine rings is 1. The summed E-state index contributed by atoms with van der Waals surface area (Å²) >= 11 is 0. The molecule has 44 valence electrons. The minimum absolute atomic E-state index is 1.06. The van der Waals surface area contributed by atoms with Gasteiger partial charge in [-0.3, -0.25) is 4.98 Å². The van der Waals surface area contributed by atoms with Crippen molar-refractivity contribution in [2.45, 2.75) is 6.42 Å². The molecule has 0 aromatic carbocycles. The van der Waals surface area contributed by atoms with E-state index in [9.17, 15) is 0 Å². The highest BCUT2D eigenvalue weighted by molar-refractivity contribution is 5.58. The molecule has 0 atom stereocenters. The van der Waals surface area contributed by atoms with Gasteiger partial charge < -0.3 is 0 Å². The molecule has 1 heteroatoms. The van der Waals surface area contributed by atoms with Crippen molar-refractivity contribution in [1.29, 1.82) is 0 Å². The molecule has 0 aliphatic heterocycles. The van der Waals surface area contributed by atoms with Gasteiger partial charge in [0.25, 0.3) is 0 Å². The lowest BCUT2D eigenvalue weighted by atomic mass is 10.2. The van der Waals surface area contributed by atoms with Crippen molar-refractivity contribution in [2.24, 2.45) is 0 Å². The van der Waals surface area contributed by atoms with E-state index in [1.54, 1.807) is 0 Å². The van der Waals surface area contributed by atoms with Gasteiger partial charge in [0, 0.05) is 12.4 Å². The lowest BCUT2D eigenvalue weighted by Crippen LogP contribution is -1.80. The molecule has 1 nitrogen and oxygen atoms in total. The van der Waals surface area contributed by atoms with Crippen LogP contribution in [0.15, 0.2) is 24.5 Å². The summed E-state index contributed by atoms with van der Waals surface area (Å²) in [7, 11) is 0. The normalized spacial score (nSPS) is 13.8. The summed E-state index contributed by atoms with van der Waals surface area (Å²) < 4.78 is 0. The lowest BCUT2D eigenvalue weighted by molar-refractivity contribution is 1.21. The number of nitrogens with zero attached hydrogens (tertiary/aromatic N) is 1. The number of allylic oxidation sites excluding steroid dienone is 1. The molecule has 1 heterocycles. The van der Waals surface area contributed by atoms with Crippen molar-refractivity contribution < 1.29 is 0 Å². The molecule has 0 saturated heterocycles. The fraction of sp³-hybridized carbons (Fsp3) is 0.125. The van der Waals surface area contributed by atoms with E-state index in [0.29, 0.717) is 0 Å². The Labute approximate surface area is 54.1 Å². The van der Waals surface area contributed by atoms with Crippen LogP contribution in [0.2, 0.25) is 0 Å².